The van der Waals surface area contributed by atoms with E-state index in [0.29, 0.717) is 13.0 Å². The summed E-state index contributed by atoms with van der Waals surface area (Å²) in [6, 6.07) is 1.64. The van der Waals surface area contributed by atoms with E-state index in [1.165, 1.54) is 17.0 Å². The summed E-state index contributed by atoms with van der Waals surface area (Å²) in [5, 5.41) is 0. The molecule has 5 nitrogen and oxygen atoms in total. The molecular formula is C8H12N2O3S. The number of rotatable bonds is 4. The molecule has 0 saturated carbocycles. The van der Waals surface area contributed by atoms with Crippen molar-refractivity contribution in [3.05, 3.63) is 28.9 Å². The predicted molar refractivity (Wildman–Crippen MR) is 52.8 cm³/mol. The van der Waals surface area contributed by atoms with Gasteiger partial charge in [-0.15, -0.1) is 0 Å². The molecule has 1 aromatic heterocycles. The van der Waals surface area contributed by atoms with E-state index in [1.807, 2.05) is 0 Å². The van der Waals surface area contributed by atoms with E-state index in [9.17, 15) is 13.2 Å². The molecule has 0 saturated heterocycles. The number of nitrogens with zero attached hydrogens (tertiary/aromatic N) is 2. The highest BCUT2D eigenvalue weighted by Crippen LogP contribution is 1.91. The van der Waals surface area contributed by atoms with Crippen molar-refractivity contribution >= 4 is 9.84 Å². The Morgan fingerprint density at radius 2 is 2.21 bits per heavy atom. The number of hydrogen-bond acceptors (Lipinski definition) is 4. The number of sulfone groups is 1. The van der Waals surface area contributed by atoms with E-state index < -0.39 is 9.84 Å². The van der Waals surface area contributed by atoms with Crippen molar-refractivity contribution in [2.24, 2.45) is 0 Å². The molecular weight excluding hydrogens is 204 g/mol. The van der Waals surface area contributed by atoms with Gasteiger partial charge in [0.1, 0.15) is 9.84 Å². The first-order chi connectivity index (χ1) is 6.49. The predicted octanol–water partition coefficient (Wildman–Crippen LogP) is -0.322. The zero-order valence-corrected chi connectivity index (χ0v) is 8.70. The van der Waals surface area contributed by atoms with Gasteiger partial charge in [0.2, 0.25) is 0 Å². The molecule has 14 heavy (non-hydrogen) atoms. The van der Waals surface area contributed by atoms with Crippen molar-refractivity contribution in [1.29, 1.82) is 0 Å². The van der Waals surface area contributed by atoms with Crippen LogP contribution in [-0.4, -0.2) is 30.0 Å². The lowest BCUT2D eigenvalue weighted by Crippen LogP contribution is -2.22. The fourth-order valence-corrected chi connectivity index (χ4v) is 1.71. The molecule has 1 heterocycles. The first-order valence-corrected chi connectivity index (χ1v) is 6.24. The van der Waals surface area contributed by atoms with Crippen molar-refractivity contribution in [1.82, 2.24) is 9.55 Å². The molecule has 0 aliphatic heterocycles. The van der Waals surface area contributed by atoms with Gasteiger partial charge in [-0.3, -0.25) is 4.57 Å². The summed E-state index contributed by atoms with van der Waals surface area (Å²) in [5.74, 6) is 0.0916. The molecule has 0 N–H and O–H groups in total. The van der Waals surface area contributed by atoms with Gasteiger partial charge in [0.05, 0.1) is 5.75 Å². The third-order valence-electron chi connectivity index (χ3n) is 1.70. The molecule has 0 atom stereocenters. The Balaban J connectivity index is 2.55. The molecule has 0 aliphatic carbocycles. The van der Waals surface area contributed by atoms with E-state index in [2.05, 4.69) is 4.98 Å². The average molecular weight is 216 g/mol. The van der Waals surface area contributed by atoms with Crippen LogP contribution < -0.4 is 5.69 Å². The fourth-order valence-electron chi connectivity index (χ4n) is 1.05. The molecule has 1 aromatic rings. The van der Waals surface area contributed by atoms with Crippen LogP contribution >= 0.6 is 0 Å². The fraction of sp³-hybridized carbons (Fsp3) is 0.500. The maximum absolute atomic E-state index is 11.1. The van der Waals surface area contributed by atoms with Gasteiger partial charge in [-0.2, -0.15) is 0 Å². The van der Waals surface area contributed by atoms with Gasteiger partial charge in [-0.25, -0.2) is 18.2 Å². The molecule has 0 aliphatic rings. The van der Waals surface area contributed by atoms with Crippen molar-refractivity contribution < 1.29 is 8.42 Å². The summed E-state index contributed by atoms with van der Waals surface area (Å²) in [6.07, 6.45) is 4.62. The Labute approximate surface area is 82.3 Å². The molecule has 0 fully saturated rings. The molecule has 0 amide bonds. The van der Waals surface area contributed by atoms with Gasteiger partial charge >= 0.3 is 5.69 Å². The van der Waals surface area contributed by atoms with Crippen LogP contribution in [0.3, 0.4) is 0 Å². The first kappa shape index (κ1) is 10.9. The van der Waals surface area contributed by atoms with Crippen molar-refractivity contribution in [2.75, 3.05) is 12.0 Å². The quantitative estimate of drug-likeness (QED) is 0.691. The lowest BCUT2D eigenvalue weighted by molar-refractivity contribution is 0.586. The van der Waals surface area contributed by atoms with Crippen LogP contribution in [0.2, 0.25) is 0 Å². The maximum Gasteiger partial charge on any atom is 0.347 e. The van der Waals surface area contributed by atoms with Crippen LogP contribution in [0, 0.1) is 0 Å². The number of hydrogen-bond donors (Lipinski definition) is 0. The maximum atomic E-state index is 11.1. The molecule has 6 heteroatoms. The molecule has 0 bridgehead atoms. The summed E-state index contributed by atoms with van der Waals surface area (Å²) < 4.78 is 23.0. The van der Waals surface area contributed by atoms with Gasteiger partial charge in [0.25, 0.3) is 0 Å². The Hall–Kier alpha value is -1.17. The van der Waals surface area contributed by atoms with Gasteiger partial charge in [0, 0.05) is 25.2 Å². The third-order valence-corrected chi connectivity index (χ3v) is 2.73. The van der Waals surface area contributed by atoms with Gasteiger partial charge < -0.3 is 0 Å². The molecule has 0 aromatic carbocycles. The third kappa shape index (κ3) is 3.69. The van der Waals surface area contributed by atoms with E-state index in [4.69, 9.17) is 0 Å². The SMILES string of the molecule is CS(=O)(=O)CCCn1cccnc1=O. The van der Waals surface area contributed by atoms with Crippen molar-refractivity contribution in [3.8, 4) is 0 Å². The monoisotopic (exact) mass is 216 g/mol. The van der Waals surface area contributed by atoms with E-state index >= 15 is 0 Å². The molecule has 1 rings (SSSR count). The Morgan fingerprint density at radius 3 is 2.79 bits per heavy atom. The Morgan fingerprint density at radius 1 is 1.50 bits per heavy atom. The molecule has 0 spiro atoms. The zero-order chi connectivity index (χ0) is 10.6. The smallest absolute Gasteiger partial charge is 0.299 e. The summed E-state index contributed by atoms with van der Waals surface area (Å²) in [4.78, 5) is 14.6. The summed E-state index contributed by atoms with van der Waals surface area (Å²) in [6.45, 7) is 0.389. The summed E-state index contributed by atoms with van der Waals surface area (Å²) in [5.41, 5.74) is -0.346. The summed E-state index contributed by atoms with van der Waals surface area (Å²) >= 11 is 0. The molecule has 0 radical (unpaired) electrons. The van der Waals surface area contributed by atoms with Gasteiger partial charge in [-0.05, 0) is 12.5 Å². The standard InChI is InChI=1S/C8H12N2O3S/c1-14(12,13)7-3-6-10-5-2-4-9-8(10)11/h2,4-5H,3,6-7H2,1H3. The van der Waals surface area contributed by atoms with Crippen LogP contribution in [0.25, 0.3) is 0 Å². The minimum atomic E-state index is -2.94. The van der Waals surface area contributed by atoms with Crippen molar-refractivity contribution in [3.63, 3.8) is 0 Å². The molecule has 0 unspecified atom stereocenters. The van der Waals surface area contributed by atoms with E-state index in [-0.39, 0.29) is 11.4 Å². The van der Waals surface area contributed by atoms with E-state index in [1.54, 1.807) is 12.3 Å². The average Bonchev–Trinajstić information content (AvgIpc) is 2.06. The first-order valence-electron chi connectivity index (χ1n) is 4.18. The zero-order valence-electron chi connectivity index (χ0n) is 7.88. The minimum Gasteiger partial charge on any atom is -0.299 e. The Bertz CT molecular complexity index is 450. The second kappa shape index (κ2) is 4.36. The van der Waals surface area contributed by atoms with Gasteiger partial charge in [-0.1, -0.05) is 0 Å². The van der Waals surface area contributed by atoms with Crippen molar-refractivity contribution in [2.45, 2.75) is 13.0 Å². The number of aryl methyl sites for hydroxylation is 1. The highest BCUT2D eigenvalue weighted by molar-refractivity contribution is 7.90. The van der Waals surface area contributed by atoms with Crippen LogP contribution in [-0.2, 0) is 16.4 Å². The highest BCUT2D eigenvalue weighted by atomic mass is 32.2. The number of aromatic nitrogens is 2. The van der Waals surface area contributed by atoms with Crippen LogP contribution in [0.5, 0.6) is 0 Å². The Kier molecular flexibility index (Phi) is 3.40. The largest absolute Gasteiger partial charge is 0.347 e. The van der Waals surface area contributed by atoms with Crippen LogP contribution in [0.1, 0.15) is 6.42 Å². The summed E-state index contributed by atoms with van der Waals surface area (Å²) in [7, 11) is -2.94. The van der Waals surface area contributed by atoms with Gasteiger partial charge in [0.15, 0.2) is 0 Å². The highest BCUT2D eigenvalue weighted by Gasteiger charge is 2.02. The van der Waals surface area contributed by atoms with Crippen LogP contribution in [0.15, 0.2) is 23.3 Å². The molecule has 78 valence electrons. The lowest BCUT2D eigenvalue weighted by Gasteiger charge is -2.02. The lowest BCUT2D eigenvalue weighted by atomic mass is 10.5. The topological polar surface area (TPSA) is 69.0 Å². The normalized spacial score (nSPS) is 11.5. The second-order valence-corrected chi connectivity index (χ2v) is 5.34. The van der Waals surface area contributed by atoms with E-state index in [0.717, 1.165) is 0 Å². The van der Waals surface area contributed by atoms with Crippen LogP contribution in [0.4, 0.5) is 0 Å². The minimum absolute atomic E-state index is 0.0916. The second-order valence-electron chi connectivity index (χ2n) is 3.08.